The first-order valence-corrected chi connectivity index (χ1v) is 9.86. The van der Waals surface area contributed by atoms with Crippen molar-refractivity contribution >= 4 is 23.4 Å². The Hall–Kier alpha value is -2.67. The maximum absolute atomic E-state index is 12.6. The molecule has 1 N–H and O–H groups in total. The molecule has 0 saturated heterocycles. The smallest absolute Gasteiger partial charge is 0.237 e. The SMILES string of the molecule is CCCn1c(S[C@@H](C)C(=O)Nc2ccccc2C)nnc1-c1ccccn1. The summed E-state index contributed by atoms with van der Waals surface area (Å²) in [6.07, 6.45) is 2.68. The van der Waals surface area contributed by atoms with Crippen LogP contribution in [0.4, 0.5) is 5.69 Å². The van der Waals surface area contributed by atoms with Gasteiger partial charge in [-0.1, -0.05) is 43.0 Å². The summed E-state index contributed by atoms with van der Waals surface area (Å²) in [4.78, 5) is 17.0. The molecular weight excluding hydrogens is 358 g/mol. The lowest BCUT2D eigenvalue weighted by Gasteiger charge is -2.14. The van der Waals surface area contributed by atoms with E-state index < -0.39 is 0 Å². The van der Waals surface area contributed by atoms with E-state index in [1.807, 2.05) is 60.9 Å². The first kappa shape index (κ1) is 19.1. The van der Waals surface area contributed by atoms with Gasteiger partial charge in [-0.25, -0.2) is 0 Å². The fourth-order valence-electron chi connectivity index (χ4n) is 2.64. The normalized spacial score (nSPS) is 12.0. The van der Waals surface area contributed by atoms with Crippen molar-refractivity contribution in [3.63, 3.8) is 0 Å². The van der Waals surface area contributed by atoms with Crippen molar-refractivity contribution in [3.05, 3.63) is 54.2 Å². The number of carbonyl (C=O) groups excluding carboxylic acids is 1. The number of thioether (sulfide) groups is 1. The van der Waals surface area contributed by atoms with Crippen molar-refractivity contribution in [3.8, 4) is 11.5 Å². The zero-order chi connectivity index (χ0) is 19.2. The number of para-hydroxylation sites is 1. The molecule has 3 rings (SSSR count). The van der Waals surface area contributed by atoms with Gasteiger partial charge in [-0.2, -0.15) is 0 Å². The van der Waals surface area contributed by atoms with Gasteiger partial charge in [0.25, 0.3) is 0 Å². The molecule has 1 amide bonds. The number of hydrogen-bond donors (Lipinski definition) is 1. The van der Waals surface area contributed by atoms with E-state index in [0.717, 1.165) is 40.9 Å². The molecule has 2 heterocycles. The van der Waals surface area contributed by atoms with E-state index in [9.17, 15) is 4.79 Å². The van der Waals surface area contributed by atoms with Crippen LogP contribution in [0.1, 0.15) is 25.8 Å². The van der Waals surface area contributed by atoms with Crippen LogP contribution in [0.5, 0.6) is 0 Å². The molecule has 1 atom stereocenters. The fraction of sp³-hybridized carbons (Fsp3) is 0.300. The van der Waals surface area contributed by atoms with Gasteiger partial charge in [-0.3, -0.25) is 9.78 Å². The van der Waals surface area contributed by atoms with E-state index in [-0.39, 0.29) is 11.2 Å². The standard InChI is InChI=1S/C20H23N5OS/c1-4-13-25-18(17-11-7-8-12-21-17)23-24-20(25)27-15(3)19(26)22-16-10-6-5-9-14(16)2/h5-12,15H,4,13H2,1-3H3,(H,22,26)/t15-/m0/s1. The number of anilines is 1. The molecule has 0 fully saturated rings. The Morgan fingerprint density at radius 1 is 1.19 bits per heavy atom. The third-order valence-electron chi connectivity index (χ3n) is 4.11. The van der Waals surface area contributed by atoms with Crippen molar-refractivity contribution in [1.82, 2.24) is 19.7 Å². The lowest BCUT2D eigenvalue weighted by molar-refractivity contribution is -0.115. The minimum absolute atomic E-state index is 0.0558. The van der Waals surface area contributed by atoms with E-state index in [1.165, 1.54) is 11.8 Å². The number of rotatable bonds is 7. The highest BCUT2D eigenvalue weighted by Crippen LogP contribution is 2.27. The van der Waals surface area contributed by atoms with Gasteiger partial charge in [0.15, 0.2) is 11.0 Å². The van der Waals surface area contributed by atoms with Crippen LogP contribution in [0.2, 0.25) is 0 Å². The summed E-state index contributed by atoms with van der Waals surface area (Å²) in [6.45, 7) is 6.73. The minimum Gasteiger partial charge on any atom is -0.325 e. The second-order valence-electron chi connectivity index (χ2n) is 6.24. The molecule has 0 aliphatic carbocycles. The van der Waals surface area contributed by atoms with Crippen LogP contribution in [0.3, 0.4) is 0 Å². The molecular formula is C20H23N5OS. The summed E-state index contributed by atoms with van der Waals surface area (Å²) in [5, 5.41) is 12.0. The van der Waals surface area contributed by atoms with Gasteiger partial charge in [0.05, 0.1) is 5.25 Å². The molecule has 27 heavy (non-hydrogen) atoms. The van der Waals surface area contributed by atoms with Crippen LogP contribution in [0.25, 0.3) is 11.5 Å². The molecule has 3 aromatic rings. The monoisotopic (exact) mass is 381 g/mol. The summed E-state index contributed by atoms with van der Waals surface area (Å²) in [5.74, 6) is 0.672. The number of benzene rings is 1. The highest BCUT2D eigenvalue weighted by molar-refractivity contribution is 8.00. The second-order valence-corrected chi connectivity index (χ2v) is 7.55. The Labute approximate surface area is 163 Å². The summed E-state index contributed by atoms with van der Waals surface area (Å²) >= 11 is 1.41. The van der Waals surface area contributed by atoms with E-state index in [2.05, 4.69) is 27.4 Å². The van der Waals surface area contributed by atoms with Crippen LogP contribution < -0.4 is 5.32 Å². The number of nitrogens with one attached hydrogen (secondary N) is 1. The molecule has 0 saturated carbocycles. The van der Waals surface area contributed by atoms with Crippen LogP contribution >= 0.6 is 11.8 Å². The first-order valence-electron chi connectivity index (χ1n) is 8.98. The number of aryl methyl sites for hydroxylation is 1. The van der Waals surface area contributed by atoms with Crippen molar-refractivity contribution < 1.29 is 4.79 Å². The Kier molecular flexibility index (Phi) is 6.24. The van der Waals surface area contributed by atoms with E-state index in [1.54, 1.807) is 6.20 Å². The maximum Gasteiger partial charge on any atom is 0.237 e. The summed E-state index contributed by atoms with van der Waals surface area (Å²) < 4.78 is 2.03. The molecule has 140 valence electrons. The van der Waals surface area contributed by atoms with Crippen molar-refractivity contribution in [1.29, 1.82) is 0 Å². The zero-order valence-electron chi connectivity index (χ0n) is 15.7. The van der Waals surface area contributed by atoms with Gasteiger partial charge in [0, 0.05) is 18.4 Å². The molecule has 0 bridgehead atoms. The largest absolute Gasteiger partial charge is 0.325 e. The van der Waals surface area contributed by atoms with Crippen LogP contribution in [0.15, 0.2) is 53.8 Å². The van der Waals surface area contributed by atoms with Crippen molar-refractivity contribution in [2.75, 3.05) is 5.32 Å². The number of nitrogens with zero attached hydrogens (tertiary/aromatic N) is 4. The Balaban J connectivity index is 1.77. The second kappa shape index (κ2) is 8.81. The molecule has 1 aromatic carbocycles. The fourth-order valence-corrected chi connectivity index (χ4v) is 3.52. The molecule has 0 aliphatic rings. The summed E-state index contributed by atoms with van der Waals surface area (Å²) in [7, 11) is 0. The third-order valence-corrected chi connectivity index (χ3v) is 5.19. The average Bonchev–Trinajstić information content (AvgIpc) is 3.07. The maximum atomic E-state index is 12.6. The minimum atomic E-state index is -0.305. The third kappa shape index (κ3) is 4.54. The summed E-state index contributed by atoms with van der Waals surface area (Å²) in [6, 6.07) is 13.5. The lowest BCUT2D eigenvalue weighted by atomic mass is 10.2. The number of amides is 1. The quantitative estimate of drug-likeness (QED) is 0.622. The predicted molar refractivity (Wildman–Crippen MR) is 109 cm³/mol. The molecule has 0 aliphatic heterocycles. The van der Waals surface area contributed by atoms with Crippen molar-refractivity contribution in [2.24, 2.45) is 0 Å². The van der Waals surface area contributed by atoms with Gasteiger partial charge in [0.1, 0.15) is 5.69 Å². The molecule has 0 radical (unpaired) electrons. The predicted octanol–water partition coefficient (Wildman–Crippen LogP) is 4.18. The first-order chi connectivity index (χ1) is 13.1. The lowest BCUT2D eigenvalue weighted by Crippen LogP contribution is -2.23. The molecule has 0 spiro atoms. The van der Waals surface area contributed by atoms with Crippen LogP contribution in [0, 0.1) is 6.92 Å². The number of carbonyl (C=O) groups is 1. The van der Waals surface area contributed by atoms with Crippen LogP contribution in [-0.2, 0) is 11.3 Å². The van der Waals surface area contributed by atoms with E-state index >= 15 is 0 Å². The highest BCUT2D eigenvalue weighted by atomic mass is 32.2. The van der Waals surface area contributed by atoms with E-state index in [4.69, 9.17) is 0 Å². The molecule has 7 heteroatoms. The van der Waals surface area contributed by atoms with Gasteiger partial charge in [-0.05, 0) is 44.0 Å². The van der Waals surface area contributed by atoms with Crippen molar-refractivity contribution in [2.45, 2.75) is 44.1 Å². The zero-order valence-corrected chi connectivity index (χ0v) is 16.5. The topological polar surface area (TPSA) is 72.7 Å². The summed E-state index contributed by atoms with van der Waals surface area (Å²) in [5.41, 5.74) is 2.65. The number of pyridine rings is 1. The van der Waals surface area contributed by atoms with Gasteiger partial charge >= 0.3 is 0 Å². The van der Waals surface area contributed by atoms with Crippen LogP contribution in [-0.4, -0.2) is 30.9 Å². The number of hydrogen-bond acceptors (Lipinski definition) is 5. The Morgan fingerprint density at radius 2 is 1.96 bits per heavy atom. The average molecular weight is 382 g/mol. The number of aromatic nitrogens is 4. The molecule has 0 unspecified atom stereocenters. The van der Waals surface area contributed by atoms with Gasteiger partial charge in [0.2, 0.25) is 5.91 Å². The molecule has 6 nitrogen and oxygen atoms in total. The highest BCUT2D eigenvalue weighted by Gasteiger charge is 2.21. The van der Waals surface area contributed by atoms with Gasteiger partial charge < -0.3 is 9.88 Å². The molecule has 2 aromatic heterocycles. The Bertz CT molecular complexity index is 910. The van der Waals surface area contributed by atoms with E-state index in [0.29, 0.717) is 0 Å². The Morgan fingerprint density at radius 3 is 2.67 bits per heavy atom. The van der Waals surface area contributed by atoms with Gasteiger partial charge in [-0.15, -0.1) is 10.2 Å².